The Labute approximate surface area is 117 Å². The average Bonchev–Trinajstić information content (AvgIpc) is 2.37. The second-order valence-electron chi connectivity index (χ2n) is 4.22. The summed E-state index contributed by atoms with van der Waals surface area (Å²) in [6.45, 7) is 3.84. The van der Waals surface area contributed by atoms with Gasteiger partial charge in [0.25, 0.3) is 0 Å². The molecule has 0 spiro atoms. The van der Waals surface area contributed by atoms with Crippen molar-refractivity contribution < 1.29 is 13.2 Å². The highest BCUT2D eigenvalue weighted by Gasteiger charge is 2.20. The van der Waals surface area contributed by atoms with Gasteiger partial charge >= 0.3 is 0 Å². The van der Waals surface area contributed by atoms with Gasteiger partial charge in [0.2, 0.25) is 10.0 Å². The highest BCUT2D eigenvalue weighted by atomic mass is 79.9. The second kappa shape index (κ2) is 6.54. The Hall–Kier alpha value is -0.590. The first-order valence-corrected chi connectivity index (χ1v) is 8.23. The highest BCUT2D eigenvalue weighted by Crippen LogP contribution is 2.17. The van der Waals surface area contributed by atoms with E-state index in [-0.39, 0.29) is 16.9 Å². The fraction of sp³-hybridized carbons (Fsp3) is 0.500. The van der Waals surface area contributed by atoms with Crippen LogP contribution in [-0.2, 0) is 10.0 Å². The molecule has 0 fully saturated rings. The van der Waals surface area contributed by atoms with Crippen molar-refractivity contribution in [1.82, 2.24) is 4.72 Å². The second-order valence-corrected chi connectivity index (χ2v) is 6.58. The van der Waals surface area contributed by atoms with E-state index >= 15 is 0 Å². The smallest absolute Gasteiger partial charge is 0.240 e. The Morgan fingerprint density at radius 3 is 2.28 bits per heavy atom. The Bertz CT molecular complexity index is 473. The number of ether oxygens (including phenoxy) is 1. The number of alkyl halides is 1. The maximum atomic E-state index is 12.1. The van der Waals surface area contributed by atoms with Gasteiger partial charge in [-0.15, -0.1) is 0 Å². The number of benzene rings is 1. The maximum Gasteiger partial charge on any atom is 0.240 e. The van der Waals surface area contributed by atoms with Crippen molar-refractivity contribution in [3.8, 4) is 5.75 Å². The number of rotatable bonds is 6. The number of hydrogen-bond donors (Lipinski definition) is 1. The highest BCUT2D eigenvalue weighted by molar-refractivity contribution is 9.09. The lowest BCUT2D eigenvalue weighted by Gasteiger charge is -2.19. The zero-order valence-electron chi connectivity index (χ0n) is 10.7. The van der Waals surface area contributed by atoms with Crippen LogP contribution in [0.5, 0.6) is 5.75 Å². The molecule has 0 saturated heterocycles. The third kappa shape index (κ3) is 3.96. The number of nitrogens with one attached hydrogen (secondary N) is 1. The predicted octanol–water partition coefficient (Wildman–Crippen LogP) is 2.39. The van der Waals surface area contributed by atoms with Crippen LogP contribution >= 0.6 is 15.9 Å². The summed E-state index contributed by atoms with van der Waals surface area (Å²) >= 11 is 3.35. The number of methoxy groups -OCH3 is 1. The van der Waals surface area contributed by atoms with Gasteiger partial charge in [0, 0.05) is 11.4 Å². The molecule has 0 bridgehead atoms. The first kappa shape index (κ1) is 15.5. The molecule has 4 nitrogen and oxygen atoms in total. The SMILES string of the molecule is COc1ccc(S(=O)(=O)NC(C)C(C)CBr)cc1. The summed E-state index contributed by atoms with van der Waals surface area (Å²) in [4.78, 5) is 0.247. The molecule has 0 saturated carbocycles. The number of hydrogen-bond acceptors (Lipinski definition) is 3. The van der Waals surface area contributed by atoms with Crippen molar-refractivity contribution in [3.05, 3.63) is 24.3 Å². The average molecular weight is 336 g/mol. The summed E-state index contributed by atoms with van der Waals surface area (Å²) < 4.78 is 31.8. The minimum atomic E-state index is -3.47. The molecule has 1 N–H and O–H groups in total. The van der Waals surface area contributed by atoms with Gasteiger partial charge < -0.3 is 4.74 Å². The first-order valence-electron chi connectivity index (χ1n) is 5.63. The van der Waals surface area contributed by atoms with Crippen molar-refractivity contribution >= 4 is 26.0 Å². The van der Waals surface area contributed by atoms with Crippen LogP contribution in [0.3, 0.4) is 0 Å². The summed E-state index contributed by atoms with van der Waals surface area (Å²) in [5.74, 6) is 0.855. The van der Waals surface area contributed by atoms with Crippen molar-refractivity contribution in [2.45, 2.75) is 24.8 Å². The largest absolute Gasteiger partial charge is 0.497 e. The Morgan fingerprint density at radius 1 is 1.28 bits per heavy atom. The van der Waals surface area contributed by atoms with Crippen LogP contribution in [0.2, 0.25) is 0 Å². The molecule has 18 heavy (non-hydrogen) atoms. The molecule has 0 aromatic heterocycles. The molecule has 0 heterocycles. The molecule has 0 amide bonds. The lowest BCUT2D eigenvalue weighted by atomic mass is 10.1. The van der Waals surface area contributed by atoms with E-state index in [1.54, 1.807) is 19.2 Å². The summed E-state index contributed by atoms with van der Waals surface area (Å²) in [5, 5.41) is 0.749. The molecule has 1 aromatic carbocycles. The molecule has 1 rings (SSSR count). The Kier molecular flexibility index (Phi) is 5.62. The van der Waals surface area contributed by atoms with Crippen molar-refractivity contribution in [1.29, 1.82) is 0 Å². The van der Waals surface area contributed by atoms with E-state index in [4.69, 9.17) is 4.74 Å². The quantitative estimate of drug-likeness (QED) is 0.812. The first-order chi connectivity index (χ1) is 8.40. The molecule has 1 aromatic rings. The predicted molar refractivity (Wildman–Crippen MR) is 75.7 cm³/mol. The van der Waals surface area contributed by atoms with Crippen LogP contribution in [0.25, 0.3) is 0 Å². The fourth-order valence-corrected chi connectivity index (χ4v) is 3.23. The fourth-order valence-electron chi connectivity index (χ4n) is 1.32. The normalized spacial score (nSPS) is 15.1. The molecule has 6 heteroatoms. The van der Waals surface area contributed by atoms with Gasteiger partial charge in [0.15, 0.2) is 0 Å². The van der Waals surface area contributed by atoms with Crippen LogP contribution in [0.15, 0.2) is 29.2 Å². The van der Waals surface area contributed by atoms with E-state index in [1.165, 1.54) is 12.1 Å². The van der Waals surface area contributed by atoms with E-state index in [2.05, 4.69) is 20.7 Å². The van der Waals surface area contributed by atoms with Gasteiger partial charge in [-0.3, -0.25) is 0 Å². The number of halogens is 1. The molecule has 2 atom stereocenters. The van der Waals surface area contributed by atoms with E-state index < -0.39 is 10.0 Å². The van der Waals surface area contributed by atoms with Crippen molar-refractivity contribution in [3.63, 3.8) is 0 Å². The van der Waals surface area contributed by atoms with Crippen LogP contribution in [0.1, 0.15) is 13.8 Å². The van der Waals surface area contributed by atoms with Gasteiger partial charge in [-0.2, -0.15) is 0 Å². The van der Waals surface area contributed by atoms with Crippen LogP contribution < -0.4 is 9.46 Å². The van der Waals surface area contributed by atoms with Crippen LogP contribution in [-0.4, -0.2) is 26.9 Å². The van der Waals surface area contributed by atoms with Gasteiger partial charge in [-0.05, 0) is 37.1 Å². The monoisotopic (exact) mass is 335 g/mol. The van der Waals surface area contributed by atoms with Crippen molar-refractivity contribution in [2.24, 2.45) is 5.92 Å². The van der Waals surface area contributed by atoms with E-state index in [1.807, 2.05) is 13.8 Å². The van der Waals surface area contributed by atoms with E-state index in [9.17, 15) is 8.42 Å². The molecule has 2 unspecified atom stereocenters. The minimum absolute atomic E-state index is 0.128. The lowest BCUT2D eigenvalue weighted by Crippen LogP contribution is -2.37. The third-order valence-corrected chi connectivity index (χ3v) is 5.40. The van der Waals surface area contributed by atoms with Gasteiger partial charge in [-0.25, -0.2) is 13.1 Å². The van der Waals surface area contributed by atoms with E-state index in [0.29, 0.717) is 5.75 Å². The Morgan fingerprint density at radius 2 is 1.83 bits per heavy atom. The summed E-state index contributed by atoms with van der Waals surface area (Å²) in [5.41, 5.74) is 0. The van der Waals surface area contributed by atoms with Gasteiger partial charge in [-0.1, -0.05) is 22.9 Å². The summed E-state index contributed by atoms with van der Waals surface area (Å²) in [6.07, 6.45) is 0. The van der Waals surface area contributed by atoms with Gasteiger partial charge in [0.1, 0.15) is 5.75 Å². The maximum absolute atomic E-state index is 12.1. The zero-order chi connectivity index (χ0) is 13.8. The standard InChI is InChI=1S/C12H18BrNO3S/c1-9(8-13)10(2)14-18(15,16)12-6-4-11(17-3)5-7-12/h4-7,9-10,14H,8H2,1-3H3. The zero-order valence-corrected chi connectivity index (χ0v) is 13.1. The Balaban J connectivity index is 2.85. The molecule has 102 valence electrons. The topological polar surface area (TPSA) is 55.4 Å². The molecule has 0 radical (unpaired) electrons. The molecule has 0 aliphatic carbocycles. The third-order valence-electron chi connectivity index (χ3n) is 2.81. The van der Waals surface area contributed by atoms with Crippen LogP contribution in [0, 0.1) is 5.92 Å². The van der Waals surface area contributed by atoms with Crippen LogP contribution in [0.4, 0.5) is 0 Å². The molecule has 0 aliphatic rings. The molecular weight excluding hydrogens is 318 g/mol. The molecule has 0 aliphatic heterocycles. The summed E-state index contributed by atoms with van der Waals surface area (Å²) in [6, 6.07) is 6.20. The van der Waals surface area contributed by atoms with Crippen molar-refractivity contribution in [2.75, 3.05) is 12.4 Å². The molecular formula is C12H18BrNO3S. The minimum Gasteiger partial charge on any atom is -0.497 e. The number of sulfonamides is 1. The van der Waals surface area contributed by atoms with E-state index in [0.717, 1.165) is 5.33 Å². The lowest BCUT2D eigenvalue weighted by molar-refractivity contribution is 0.414. The van der Waals surface area contributed by atoms with Gasteiger partial charge in [0.05, 0.1) is 12.0 Å². The summed E-state index contributed by atoms with van der Waals surface area (Å²) in [7, 11) is -1.92.